The first-order chi connectivity index (χ1) is 12.5. The lowest BCUT2D eigenvalue weighted by Gasteiger charge is -2.30. The number of anilines is 1. The van der Waals surface area contributed by atoms with Crippen molar-refractivity contribution in [3.05, 3.63) is 57.8 Å². The Morgan fingerprint density at radius 2 is 2.00 bits per heavy atom. The number of pyridine rings is 1. The van der Waals surface area contributed by atoms with Crippen molar-refractivity contribution in [1.82, 2.24) is 9.88 Å². The van der Waals surface area contributed by atoms with Gasteiger partial charge in [0.2, 0.25) is 0 Å². The van der Waals surface area contributed by atoms with Gasteiger partial charge in [0, 0.05) is 41.6 Å². The molecule has 0 unspecified atom stereocenters. The van der Waals surface area contributed by atoms with Gasteiger partial charge in [0.1, 0.15) is 5.69 Å². The monoisotopic (exact) mass is 391 g/mol. The minimum atomic E-state index is 0.0151. The van der Waals surface area contributed by atoms with Gasteiger partial charge in [-0.25, -0.2) is 0 Å². The van der Waals surface area contributed by atoms with Crippen LogP contribution in [0.5, 0.6) is 0 Å². The van der Waals surface area contributed by atoms with Gasteiger partial charge in [0.15, 0.2) is 0 Å². The van der Waals surface area contributed by atoms with E-state index in [4.69, 9.17) is 23.2 Å². The number of carbonyl (C=O) groups is 1. The van der Waals surface area contributed by atoms with E-state index in [0.717, 1.165) is 43.6 Å². The molecule has 0 radical (unpaired) electrons. The van der Waals surface area contributed by atoms with Crippen molar-refractivity contribution >= 4 is 34.8 Å². The summed E-state index contributed by atoms with van der Waals surface area (Å²) in [6.07, 6.45) is 4.57. The Balaban J connectivity index is 1.58. The Hall–Kier alpha value is -1.78. The van der Waals surface area contributed by atoms with Crippen LogP contribution in [-0.2, 0) is 6.42 Å². The van der Waals surface area contributed by atoms with Crippen LogP contribution in [0.3, 0.4) is 0 Å². The van der Waals surface area contributed by atoms with Crippen LogP contribution in [0.2, 0.25) is 10.0 Å². The van der Waals surface area contributed by atoms with Crippen LogP contribution in [0.1, 0.15) is 35.8 Å². The quantitative estimate of drug-likeness (QED) is 0.786. The van der Waals surface area contributed by atoms with Gasteiger partial charge in [-0.15, -0.1) is 0 Å². The highest BCUT2D eigenvalue weighted by Gasteiger charge is 2.22. The van der Waals surface area contributed by atoms with Crippen LogP contribution in [0.4, 0.5) is 5.69 Å². The third-order valence-electron chi connectivity index (χ3n) is 4.79. The number of halogens is 2. The molecule has 1 aliphatic heterocycles. The van der Waals surface area contributed by atoms with Crippen molar-refractivity contribution in [3.63, 3.8) is 0 Å². The number of amides is 1. The van der Waals surface area contributed by atoms with E-state index in [1.807, 2.05) is 29.2 Å². The van der Waals surface area contributed by atoms with Gasteiger partial charge < -0.3 is 10.2 Å². The van der Waals surface area contributed by atoms with E-state index in [2.05, 4.69) is 17.2 Å². The van der Waals surface area contributed by atoms with E-state index >= 15 is 0 Å². The zero-order valence-electron chi connectivity index (χ0n) is 14.8. The molecule has 2 aromatic rings. The number of rotatable bonds is 5. The van der Waals surface area contributed by atoms with Crippen molar-refractivity contribution in [3.8, 4) is 0 Å². The van der Waals surface area contributed by atoms with Crippen LogP contribution >= 0.6 is 23.2 Å². The van der Waals surface area contributed by atoms with Crippen LogP contribution in [0, 0.1) is 5.92 Å². The number of aromatic nitrogens is 1. The van der Waals surface area contributed by atoms with Crippen LogP contribution in [0.25, 0.3) is 0 Å². The predicted molar refractivity (Wildman–Crippen MR) is 107 cm³/mol. The summed E-state index contributed by atoms with van der Waals surface area (Å²) in [7, 11) is 0. The second-order valence-corrected chi connectivity index (χ2v) is 7.66. The number of hydrogen-bond acceptors (Lipinski definition) is 3. The molecule has 1 aromatic carbocycles. The number of benzene rings is 1. The molecule has 6 heteroatoms. The first-order valence-electron chi connectivity index (χ1n) is 8.96. The molecule has 0 atom stereocenters. The molecular weight excluding hydrogens is 369 g/mol. The van der Waals surface area contributed by atoms with Gasteiger partial charge in [-0.05, 0) is 55.0 Å². The standard InChI is InChI=1S/C20H23Cl2N3O/c1-14-6-10-25(11-7-14)20(26)19-13-17(5-9-24-19)23-8-4-15-2-3-16(21)12-18(15)22/h2-3,5,9,12-14H,4,6-8,10-11H2,1H3,(H,23,24). The van der Waals surface area contributed by atoms with Crippen LogP contribution in [-0.4, -0.2) is 35.4 Å². The van der Waals surface area contributed by atoms with Crippen molar-refractivity contribution in [1.29, 1.82) is 0 Å². The normalized spacial score (nSPS) is 15.1. The lowest BCUT2D eigenvalue weighted by atomic mass is 9.99. The molecule has 2 heterocycles. The lowest BCUT2D eigenvalue weighted by Crippen LogP contribution is -2.38. The summed E-state index contributed by atoms with van der Waals surface area (Å²) in [6, 6.07) is 9.22. The minimum Gasteiger partial charge on any atom is -0.385 e. The molecule has 1 amide bonds. The molecule has 0 saturated carbocycles. The molecular formula is C20H23Cl2N3O. The maximum atomic E-state index is 12.6. The third-order valence-corrected chi connectivity index (χ3v) is 5.38. The second-order valence-electron chi connectivity index (χ2n) is 6.82. The van der Waals surface area contributed by atoms with E-state index in [-0.39, 0.29) is 5.91 Å². The smallest absolute Gasteiger partial charge is 0.272 e. The van der Waals surface area contributed by atoms with Crippen molar-refractivity contribution in [2.75, 3.05) is 25.0 Å². The van der Waals surface area contributed by atoms with Gasteiger partial charge in [0.05, 0.1) is 0 Å². The fourth-order valence-corrected chi connectivity index (χ4v) is 3.60. The van der Waals surface area contributed by atoms with Crippen molar-refractivity contribution < 1.29 is 4.79 Å². The zero-order valence-corrected chi connectivity index (χ0v) is 16.4. The third kappa shape index (κ3) is 4.89. The van der Waals surface area contributed by atoms with Gasteiger partial charge in [0.25, 0.3) is 5.91 Å². The summed E-state index contributed by atoms with van der Waals surface area (Å²) < 4.78 is 0. The van der Waals surface area contributed by atoms with Gasteiger partial charge in [-0.1, -0.05) is 36.2 Å². The molecule has 1 saturated heterocycles. The van der Waals surface area contributed by atoms with Crippen LogP contribution in [0.15, 0.2) is 36.5 Å². The Kier molecular flexibility index (Phi) is 6.38. The van der Waals surface area contributed by atoms with E-state index in [9.17, 15) is 4.79 Å². The largest absolute Gasteiger partial charge is 0.385 e. The summed E-state index contributed by atoms with van der Waals surface area (Å²) in [5.41, 5.74) is 2.42. The van der Waals surface area contributed by atoms with Gasteiger partial charge >= 0.3 is 0 Å². The van der Waals surface area contributed by atoms with E-state index in [1.54, 1.807) is 12.3 Å². The molecule has 0 bridgehead atoms. The maximum absolute atomic E-state index is 12.6. The summed E-state index contributed by atoms with van der Waals surface area (Å²) in [4.78, 5) is 18.8. The number of nitrogens with one attached hydrogen (secondary N) is 1. The van der Waals surface area contributed by atoms with Gasteiger partial charge in [-0.3, -0.25) is 9.78 Å². The Labute approximate surface area is 164 Å². The summed E-state index contributed by atoms with van der Waals surface area (Å²) in [5, 5.41) is 4.64. The van der Waals surface area contributed by atoms with Crippen molar-refractivity contribution in [2.45, 2.75) is 26.2 Å². The highest BCUT2D eigenvalue weighted by Crippen LogP contribution is 2.22. The molecule has 26 heavy (non-hydrogen) atoms. The first kappa shape index (κ1) is 19.0. The number of hydrogen-bond donors (Lipinski definition) is 1. The summed E-state index contributed by atoms with van der Waals surface area (Å²) >= 11 is 12.1. The molecule has 1 aliphatic rings. The van der Waals surface area contributed by atoms with E-state index < -0.39 is 0 Å². The number of likely N-dealkylation sites (tertiary alicyclic amines) is 1. The lowest BCUT2D eigenvalue weighted by molar-refractivity contribution is 0.0691. The fraction of sp³-hybridized carbons (Fsp3) is 0.400. The molecule has 1 N–H and O–H groups in total. The number of carbonyl (C=O) groups excluding carboxylic acids is 1. The fourth-order valence-electron chi connectivity index (χ4n) is 3.10. The second kappa shape index (κ2) is 8.74. The predicted octanol–water partition coefficient (Wildman–Crippen LogP) is 4.92. The van der Waals surface area contributed by atoms with Crippen molar-refractivity contribution in [2.24, 2.45) is 5.92 Å². The maximum Gasteiger partial charge on any atom is 0.272 e. The van der Waals surface area contributed by atoms with E-state index in [0.29, 0.717) is 28.2 Å². The molecule has 1 fully saturated rings. The molecule has 0 spiro atoms. The average molecular weight is 392 g/mol. The molecule has 1 aromatic heterocycles. The zero-order chi connectivity index (χ0) is 18.5. The first-order valence-corrected chi connectivity index (χ1v) is 9.71. The molecule has 3 rings (SSSR count). The summed E-state index contributed by atoms with van der Waals surface area (Å²) in [6.45, 7) is 4.57. The highest BCUT2D eigenvalue weighted by atomic mass is 35.5. The van der Waals surface area contributed by atoms with Crippen LogP contribution < -0.4 is 5.32 Å². The van der Waals surface area contributed by atoms with Gasteiger partial charge in [-0.2, -0.15) is 0 Å². The SMILES string of the molecule is CC1CCN(C(=O)c2cc(NCCc3ccc(Cl)cc3Cl)ccn2)CC1. The summed E-state index contributed by atoms with van der Waals surface area (Å²) in [5.74, 6) is 0.709. The number of piperidine rings is 1. The Morgan fingerprint density at radius 1 is 1.23 bits per heavy atom. The highest BCUT2D eigenvalue weighted by molar-refractivity contribution is 6.35. The molecule has 0 aliphatic carbocycles. The van der Waals surface area contributed by atoms with E-state index in [1.165, 1.54) is 0 Å². The minimum absolute atomic E-state index is 0.0151. The Bertz CT molecular complexity index is 773. The molecule has 4 nitrogen and oxygen atoms in total. The number of nitrogens with zero attached hydrogens (tertiary/aromatic N) is 2. The molecule has 138 valence electrons. The Morgan fingerprint density at radius 3 is 2.73 bits per heavy atom. The topological polar surface area (TPSA) is 45.2 Å². The average Bonchev–Trinajstić information content (AvgIpc) is 2.64.